The minimum absolute atomic E-state index is 0.324. The lowest BCUT2D eigenvalue weighted by Crippen LogP contribution is -2.44. The molecule has 22 heavy (non-hydrogen) atoms. The zero-order chi connectivity index (χ0) is 15.5. The van der Waals surface area contributed by atoms with Crippen LogP contribution in [0.2, 0.25) is 0 Å². The number of aromatic nitrogens is 1. The number of benzene rings is 1. The molecule has 0 atom stereocenters. The summed E-state index contributed by atoms with van der Waals surface area (Å²) in [5.74, 6) is 1.65. The highest BCUT2D eigenvalue weighted by atomic mass is 16.5. The fraction of sp³-hybridized carbons (Fsp3) is 0.375. The number of methoxy groups -OCH3 is 1. The van der Waals surface area contributed by atoms with Crippen LogP contribution in [0.25, 0.3) is 11.5 Å². The number of ether oxygens (including phenoxy) is 1. The third kappa shape index (κ3) is 2.63. The highest BCUT2D eigenvalue weighted by molar-refractivity contribution is 5.65. The van der Waals surface area contributed by atoms with E-state index in [9.17, 15) is 5.26 Å². The number of likely N-dealkylation sites (N-methyl/N-ethyl adjacent to an activating group) is 1. The van der Waals surface area contributed by atoms with E-state index >= 15 is 0 Å². The molecule has 1 saturated heterocycles. The van der Waals surface area contributed by atoms with Crippen LogP contribution in [0, 0.1) is 11.3 Å². The van der Waals surface area contributed by atoms with Crippen LogP contribution >= 0.6 is 0 Å². The highest BCUT2D eigenvalue weighted by Crippen LogP contribution is 2.33. The second-order valence-corrected chi connectivity index (χ2v) is 5.28. The molecule has 0 aliphatic carbocycles. The van der Waals surface area contributed by atoms with Gasteiger partial charge < -0.3 is 19.0 Å². The van der Waals surface area contributed by atoms with Crippen molar-refractivity contribution in [2.45, 2.75) is 0 Å². The van der Waals surface area contributed by atoms with Crippen molar-refractivity contribution in [1.29, 1.82) is 5.26 Å². The number of nitriles is 1. The molecule has 0 unspecified atom stereocenters. The second kappa shape index (κ2) is 6.08. The zero-order valence-electron chi connectivity index (χ0n) is 12.7. The molecule has 0 amide bonds. The van der Waals surface area contributed by atoms with Crippen molar-refractivity contribution in [2.75, 3.05) is 45.2 Å². The predicted molar refractivity (Wildman–Crippen MR) is 82.9 cm³/mol. The van der Waals surface area contributed by atoms with Gasteiger partial charge in [-0.05, 0) is 19.2 Å². The van der Waals surface area contributed by atoms with Crippen molar-refractivity contribution in [3.8, 4) is 23.3 Å². The van der Waals surface area contributed by atoms with Crippen molar-refractivity contribution in [3.63, 3.8) is 0 Å². The quantitative estimate of drug-likeness (QED) is 0.863. The van der Waals surface area contributed by atoms with E-state index < -0.39 is 0 Å². The number of oxazole rings is 1. The SMILES string of the molecule is COc1ccccc1-c1nc(C#N)c(N2CCN(C)CC2)o1. The molecule has 114 valence electrons. The number of anilines is 1. The molecule has 2 heterocycles. The summed E-state index contributed by atoms with van der Waals surface area (Å²) in [6.07, 6.45) is 0. The summed E-state index contributed by atoms with van der Waals surface area (Å²) in [5.41, 5.74) is 1.08. The number of para-hydroxylation sites is 1. The molecule has 6 heteroatoms. The zero-order valence-corrected chi connectivity index (χ0v) is 12.7. The van der Waals surface area contributed by atoms with Gasteiger partial charge in [-0.2, -0.15) is 10.2 Å². The Balaban J connectivity index is 1.97. The largest absolute Gasteiger partial charge is 0.496 e. The van der Waals surface area contributed by atoms with Gasteiger partial charge in [0.1, 0.15) is 11.8 Å². The van der Waals surface area contributed by atoms with E-state index in [2.05, 4.69) is 27.9 Å². The van der Waals surface area contributed by atoms with Crippen LogP contribution in [-0.4, -0.2) is 50.2 Å². The minimum atomic E-state index is 0.324. The normalized spacial score (nSPS) is 15.6. The van der Waals surface area contributed by atoms with E-state index in [1.54, 1.807) is 7.11 Å². The Morgan fingerprint density at radius 2 is 1.95 bits per heavy atom. The van der Waals surface area contributed by atoms with Crippen molar-refractivity contribution < 1.29 is 9.15 Å². The molecule has 1 aliphatic rings. The number of piperazine rings is 1. The second-order valence-electron chi connectivity index (χ2n) is 5.28. The van der Waals surface area contributed by atoms with Crippen molar-refractivity contribution >= 4 is 5.88 Å². The lowest BCUT2D eigenvalue weighted by Gasteiger charge is -2.31. The molecule has 2 aromatic rings. The lowest BCUT2D eigenvalue weighted by molar-refractivity contribution is 0.306. The molecular weight excluding hydrogens is 280 g/mol. The van der Waals surface area contributed by atoms with Gasteiger partial charge in [-0.3, -0.25) is 0 Å². The summed E-state index contributed by atoms with van der Waals surface area (Å²) < 4.78 is 11.2. The molecule has 1 fully saturated rings. The standard InChI is InChI=1S/C16H18N4O2/c1-19-7-9-20(10-8-19)16-13(11-17)18-15(22-16)12-5-3-4-6-14(12)21-2/h3-6H,7-10H2,1-2H3. The molecule has 6 nitrogen and oxygen atoms in total. The van der Waals surface area contributed by atoms with Gasteiger partial charge >= 0.3 is 0 Å². The monoisotopic (exact) mass is 298 g/mol. The predicted octanol–water partition coefficient (Wildman–Crippen LogP) is 1.97. The average molecular weight is 298 g/mol. The molecule has 0 radical (unpaired) electrons. The fourth-order valence-electron chi connectivity index (χ4n) is 2.55. The van der Waals surface area contributed by atoms with E-state index in [0.29, 0.717) is 23.2 Å². The Labute approximate surface area is 129 Å². The van der Waals surface area contributed by atoms with Crippen molar-refractivity contribution in [2.24, 2.45) is 0 Å². The molecule has 1 aromatic carbocycles. The Kier molecular flexibility index (Phi) is 3.98. The van der Waals surface area contributed by atoms with Crippen molar-refractivity contribution in [3.05, 3.63) is 30.0 Å². The molecule has 1 aliphatic heterocycles. The highest BCUT2D eigenvalue weighted by Gasteiger charge is 2.24. The molecule has 0 N–H and O–H groups in total. The number of nitrogens with zero attached hydrogens (tertiary/aromatic N) is 4. The van der Waals surface area contributed by atoms with Crippen LogP contribution in [0.1, 0.15) is 5.69 Å². The summed E-state index contributed by atoms with van der Waals surface area (Å²) in [6, 6.07) is 9.63. The van der Waals surface area contributed by atoms with Crippen LogP contribution in [-0.2, 0) is 0 Å². The van der Waals surface area contributed by atoms with Gasteiger partial charge in [0.2, 0.25) is 17.5 Å². The topological polar surface area (TPSA) is 65.5 Å². The van der Waals surface area contributed by atoms with Crippen LogP contribution in [0.3, 0.4) is 0 Å². The Morgan fingerprint density at radius 3 is 2.64 bits per heavy atom. The first-order valence-corrected chi connectivity index (χ1v) is 7.20. The van der Waals surface area contributed by atoms with E-state index in [1.807, 2.05) is 24.3 Å². The Morgan fingerprint density at radius 1 is 1.23 bits per heavy atom. The molecule has 0 saturated carbocycles. The summed E-state index contributed by atoms with van der Waals surface area (Å²) in [4.78, 5) is 8.66. The van der Waals surface area contributed by atoms with Crippen LogP contribution < -0.4 is 9.64 Å². The van der Waals surface area contributed by atoms with Crippen LogP contribution in [0.4, 0.5) is 5.88 Å². The van der Waals surface area contributed by atoms with Gasteiger partial charge in [-0.1, -0.05) is 12.1 Å². The maximum atomic E-state index is 9.35. The van der Waals surface area contributed by atoms with Gasteiger partial charge in [0.15, 0.2) is 0 Å². The third-order valence-electron chi connectivity index (χ3n) is 3.84. The number of hydrogen-bond donors (Lipinski definition) is 0. The Hall–Kier alpha value is -2.52. The minimum Gasteiger partial charge on any atom is -0.496 e. The molecular formula is C16H18N4O2. The Bertz CT molecular complexity index is 696. The summed E-state index contributed by atoms with van der Waals surface area (Å²) in [5, 5.41) is 9.35. The molecule has 0 bridgehead atoms. The van der Waals surface area contributed by atoms with Gasteiger partial charge in [0, 0.05) is 26.2 Å². The average Bonchev–Trinajstić information content (AvgIpc) is 2.99. The summed E-state index contributed by atoms with van der Waals surface area (Å²) in [6.45, 7) is 3.53. The summed E-state index contributed by atoms with van der Waals surface area (Å²) in [7, 11) is 3.69. The first-order chi connectivity index (χ1) is 10.7. The van der Waals surface area contributed by atoms with Gasteiger partial charge in [0.05, 0.1) is 12.7 Å². The molecule has 3 rings (SSSR count). The number of rotatable bonds is 3. The fourth-order valence-corrected chi connectivity index (χ4v) is 2.55. The lowest BCUT2D eigenvalue weighted by atomic mass is 10.2. The third-order valence-corrected chi connectivity index (χ3v) is 3.84. The van der Waals surface area contributed by atoms with E-state index in [4.69, 9.17) is 9.15 Å². The number of hydrogen-bond acceptors (Lipinski definition) is 6. The molecule has 1 aromatic heterocycles. The maximum Gasteiger partial charge on any atom is 0.235 e. The molecule has 0 spiro atoms. The van der Waals surface area contributed by atoms with E-state index in [-0.39, 0.29) is 0 Å². The smallest absolute Gasteiger partial charge is 0.235 e. The maximum absolute atomic E-state index is 9.35. The van der Waals surface area contributed by atoms with E-state index in [1.165, 1.54) is 0 Å². The van der Waals surface area contributed by atoms with Crippen LogP contribution in [0.15, 0.2) is 28.7 Å². The first-order valence-electron chi connectivity index (χ1n) is 7.20. The van der Waals surface area contributed by atoms with E-state index in [0.717, 1.165) is 31.7 Å². The van der Waals surface area contributed by atoms with Gasteiger partial charge in [0.25, 0.3) is 0 Å². The van der Waals surface area contributed by atoms with Gasteiger partial charge in [-0.25, -0.2) is 0 Å². The first kappa shape index (κ1) is 14.4. The summed E-state index contributed by atoms with van der Waals surface area (Å²) >= 11 is 0. The van der Waals surface area contributed by atoms with Gasteiger partial charge in [-0.15, -0.1) is 0 Å². The van der Waals surface area contributed by atoms with Crippen LogP contribution in [0.5, 0.6) is 5.75 Å². The van der Waals surface area contributed by atoms with Crippen molar-refractivity contribution in [1.82, 2.24) is 9.88 Å².